The minimum atomic E-state index is -3.22. The molecule has 0 aliphatic carbocycles. The summed E-state index contributed by atoms with van der Waals surface area (Å²) in [6, 6.07) is 8.61. The van der Waals surface area contributed by atoms with E-state index < -0.39 is 16.1 Å². The van der Waals surface area contributed by atoms with Crippen molar-refractivity contribution < 1.29 is 18.0 Å². The maximum atomic E-state index is 13.0. The molecule has 0 aromatic heterocycles. The maximum absolute atomic E-state index is 13.0. The fraction of sp³-hybridized carbons (Fsp3) is 0.579. The van der Waals surface area contributed by atoms with Gasteiger partial charge in [-0.05, 0) is 31.2 Å². The lowest BCUT2D eigenvalue weighted by atomic mass is 9.96. The second kappa shape index (κ2) is 8.39. The van der Waals surface area contributed by atoms with E-state index in [1.54, 1.807) is 0 Å². The highest BCUT2D eigenvalue weighted by atomic mass is 32.2. The quantitative estimate of drug-likeness (QED) is 0.813. The second-order valence-corrected chi connectivity index (χ2v) is 9.30. The molecular weight excluding hydrogens is 366 g/mol. The number of carbonyl (C=O) groups is 2. The first kappa shape index (κ1) is 19.8. The van der Waals surface area contributed by atoms with Crippen LogP contribution < -0.4 is 5.32 Å². The molecule has 1 aromatic rings. The molecule has 2 aliphatic heterocycles. The number of piperidine rings is 1. The van der Waals surface area contributed by atoms with Gasteiger partial charge in [-0.25, -0.2) is 12.7 Å². The molecule has 3 rings (SSSR count). The van der Waals surface area contributed by atoms with Gasteiger partial charge in [0.25, 0.3) is 0 Å². The Balaban J connectivity index is 1.69. The number of carbonyl (C=O) groups excluding carboxylic acids is 2. The third-order valence-corrected chi connectivity index (χ3v) is 6.68. The molecule has 1 aromatic carbocycles. The van der Waals surface area contributed by atoms with E-state index in [4.69, 9.17) is 0 Å². The molecule has 0 radical (unpaired) electrons. The second-order valence-electron chi connectivity index (χ2n) is 7.32. The van der Waals surface area contributed by atoms with Crippen LogP contribution in [0.4, 0.5) is 0 Å². The van der Waals surface area contributed by atoms with Crippen molar-refractivity contribution in [2.24, 2.45) is 5.92 Å². The summed E-state index contributed by atoms with van der Waals surface area (Å²) in [4.78, 5) is 27.6. The number of hydrogen-bond donors (Lipinski definition) is 1. The number of nitrogens with one attached hydrogen (secondary N) is 1. The third-order valence-electron chi connectivity index (χ3n) is 5.38. The summed E-state index contributed by atoms with van der Waals surface area (Å²) in [6.07, 6.45) is 4.11. The average Bonchev–Trinajstić information content (AvgIpc) is 3.20. The molecule has 0 unspecified atom stereocenters. The summed E-state index contributed by atoms with van der Waals surface area (Å²) in [5.74, 6) is -0.522. The first-order valence-corrected chi connectivity index (χ1v) is 11.3. The molecule has 2 fully saturated rings. The van der Waals surface area contributed by atoms with E-state index >= 15 is 0 Å². The Morgan fingerprint density at radius 3 is 2.19 bits per heavy atom. The van der Waals surface area contributed by atoms with Crippen molar-refractivity contribution in [3.8, 4) is 0 Å². The SMILES string of the molecule is CS(=O)(=O)N1CCC(C(=O)N[C@H](C(=O)N2CCCC2)c2ccccc2)CC1. The van der Waals surface area contributed by atoms with Crippen LogP contribution in [-0.2, 0) is 19.6 Å². The van der Waals surface area contributed by atoms with Crippen molar-refractivity contribution in [2.75, 3.05) is 32.4 Å². The number of hydrogen-bond acceptors (Lipinski definition) is 4. The molecule has 2 aliphatic rings. The van der Waals surface area contributed by atoms with Gasteiger partial charge in [0.1, 0.15) is 6.04 Å². The zero-order valence-electron chi connectivity index (χ0n) is 15.6. The highest BCUT2D eigenvalue weighted by Crippen LogP contribution is 2.23. The van der Waals surface area contributed by atoms with Crippen LogP contribution in [0.3, 0.4) is 0 Å². The van der Waals surface area contributed by atoms with Gasteiger partial charge in [-0.1, -0.05) is 30.3 Å². The van der Waals surface area contributed by atoms with Gasteiger partial charge < -0.3 is 10.2 Å². The molecule has 148 valence electrons. The fourth-order valence-electron chi connectivity index (χ4n) is 3.76. The van der Waals surface area contributed by atoms with E-state index in [0.717, 1.165) is 31.5 Å². The number of benzene rings is 1. The smallest absolute Gasteiger partial charge is 0.249 e. The van der Waals surface area contributed by atoms with E-state index in [2.05, 4.69) is 5.32 Å². The van der Waals surface area contributed by atoms with Gasteiger partial charge in [0.15, 0.2) is 0 Å². The van der Waals surface area contributed by atoms with Crippen molar-refractivity contribution in [3.63, 3.8) is 0 Å². The Kier molecular flexibility index (Phi) is 6.16. The minimum absolute atomic E-state index is 0.0689. The molecule has 2 amide bonds. The van der Waals surface area contributed by atoms with Gasteiger partial charge in [0.05, 0.1) is 6.26 Å². The molecule has 1 atom stereocenters. The topological polar surface area (TPSA) is 86.8 Å². The predicted octanol–water partition coefficient (Wildman–Crippen LogP) is 1.14. The highest BCUT2D eigenvalue weighted by molar-refractivity contribution is 7.88. The standard InChI is InChI=1S/C19H27N3O4S/c1-27(25,26)22-13-9-16(10-14-22)18(23)20-17(15-7-3-2-4-8-15)19(24)21-11-5-6-12-21/h2-4,7-8,16-17H,5-6,9-14H2,1H3,(H,20,23)/t17-/m0/s1. The molecule has 2 heterocycles. The Morgan fingerprint density at radius 2 is 1.63 bits per heavy atom. The van der Waals surface area contributed by atoms with Crippen LogP contribution in [0.1, 0.15) is 37.3 Å². The number of rotatable bonds is 5. The van der Waals surface area contributed by atoms with Crippen LogP contribution in [0.5, 0.6) is 0 Å². The first-order chi connectivity index (χ1) is 12.9. The molecule has 8 heteroatoms. The van der Waals surface area contributed by atoms with Gasteiger partial charge in [0.2, 0.25) is 21.8 Å². The molecule has 0 spiro atoms. The summed E-state index contributed by atoms with van der Waals surface area (Å²) in [6.45, 7) is 2.13. The molecule has 2 saturated heterocycles. The van der Waals surface area contributed by atoms with E-state index in [0.29, 0.717) is 25.9 Å². The molecule has 1 N–H and O–H groups in total. The summed E-state index contributed by atoms with van der Waals surface area (Å²) >= 11 is 0. The van der Waals surface area contributed by atoms with Gasteiger partial charge in [-0.15, -0.1) is 0 Å². The van der Waals surface area contributed by atoms with Crippen LogP contribution >= 0.6 is 0 Å². The van der Waals surface area contributed by atoms with Crippen LogP contribution in [-0.4, -0.2) is 61.9 Å². The number of sulfonamides is 1. The van der Waals surface area contributed by atoms with Gasteiger partial charge in [0, 0.05) is 32.1 Å². The third kappa shape index (κ3) is 4.87. The normalized spacial score (nSPS) is 20.4. The zero-order chi connectivity index (χ0) is 19.4. The average molecular weight is 394 g/mol. The maximum Gasteiger partial charge on any atom is 0.249 e. The minimum Gasteiger partial charge on any atom is -0.341 e. The van der Waals surface area contributed by atoms with Gasteiger partial charge in [-0.3, -0.25) is 9.59 Å². The molecule has 0 bridgehead atoms. The zero-order valence-corrected chi connectivity index (χ0v) is 16.5. The fourth-order valence-corrected chi connectivity index (χ4v) is 4.64. The Labute approximate surface area is 160 Å². The van der Waals surface area contributed by atoms with E-state index in [-0.39, 0.29) is 17.7 Å². The van der Waals surface area contributed by atoms with E-state index in [1.807, 2.05) is 35.2 Å². The van der Waals surface area contributed by atoms with Crippen molar-refractivity contribution in [3.05, 3.63) is 35.9 Å². The number of nitrogens with zero attached hydrogens (tertiary/aromatic N) is 2. The van der Waals surface area contributed by atoms with Crippen LogP contribution in [0.15, 0.2) is 30.3 Å². The van der Waals surface area contributed by atoms with E-state index in [9.17, 15) is 18.0 Å². The first-order valence-electron chi connectivity index (χ1n) is 9.45. The number of amides is 2. The largest absolute Gasteiger partial charge is 0.341 e. The Morgan fingerprint density at radius 1 is 1.04 bits per heavy atom. The lowest BCUT2D eigenvalue weighted by Crippen LogP contribution is -2.46. The molecule has 27 heavy (non-hydrogen) atoms. The van der Waals surface area contributed by atoms with Crippen molar-refractivity contribution in [2.45, 2.75) is 31.7 Å². The van der Waals surface area contributed by atoms with Crippen molar-refractivity contribution >= 4 is 21.8 Å². The van der Waals surface area contributed by atoms with Crippen LogP contribution in [0.25, 0.3) is 0 Å². The Bertz CT molecular complexity index is 767. The lowest BCUT2D eigenvalue weighted by Gasteiger charge is -2.31. The highest BCUT2D eigenvalue weighted by Gasteiger charge is 2.33. The van der Waals surface area contributed by atoms with E-state index in [1.165, 1.54) is 10.6 Å². The van der Waals surface area contributed by atoms with Crippen molar-refractivity contribution in [1.29, 1.82) is 0 Å². The van der Waals surface area contributed by atoms with Crippen molar-refractivity contribution in [1.82, 2.24) is 14.5 Å². The number of likely N-dealkylation sites (tertiary alicyclic amines) is 1. The summed E-state index contributed by atoms with van der Waals surface area (Å²) in [7, 11) is -3.22. The lowest BCUT2D eigenvalue weighted by molar-refractivity contribution is -0.137. The molecular formula is C19H27N3O4S. The van der Waals surface area contributed by atoms with Gasteiger partial charge in [-0.2, -0.15) is 0 Å². The Hall–Kier alpha value is -1.93. The van der Waals surface area contributed by atoms with Crippen LogP contribution in [0.2, 0.25) is 0 Å². The molecule has 0 saturated carbocycles. The predicted molar refractivity (Wildman–Crippen MR) is 102 cm³/mol. The summed E-state index contributed by atoms with van der Waals surface area (Å²) < 4.78 is 24.7. The monoisotopic (exact) mass is 393 g/mol. The summed E-state index contributed by atoms with van der Waals surface area (Å²) in [5.41, 5.74) is 0.774. The molecule has 7 nitrogen and oxygen atoms in total. The summed E-state index contributed by atoms with van der Waals surface area (Å²) in [5, 5.41) is 2.94. The van der Waals surface area contributed by atoms with Crippen LogP contribution in [0, 0.1) is 5.92 Å². The van der Waals surface area contributed by atoms with Gasteiger partial charge >= 0.3 is 0 Å².